The number of rotatable bonds is 6. The Bertz CT molecular complexity index is 2230. The highest BCUT2D eigenvalue weighted by Gasteiger charge is 2.62. The van der Waals surface area contributed by atoms with Crippen LogP contribution in [-0.2, 0) is 29.2 Å². The summed E-state index contributed by atoms with van der Waals surface area (Å²) < 4.78 is 41.6. The fourth-order valence-electron chi connectivity index (χ4n) is 7.78. The predicted molar refractivity (Wildman–Crippen MR) is 206 cm³/mol. The van der Waals surface area contributed by atoms with E-state index in [1.807, 2.05) is 54.6 Å². The fraction of sp³-hybridized carbons (Fsp3) is 0.390. The van der Waals surface area contributed by atoms with Crippen LogP contribution in [0.5, 0.6) is 11.5 Å². The summed E-state index contributed by atoms with van der Waals surface area (Å²) in [7, 11) is -2.87. The van der Waals surface area contributed by atoms with Gasteiger partial charge in [0.25, 0.3) is 15.9 Å². The predicted octanol–water partition coefficient (Wildman–Crippen LogP) is 5.34. The second kappa shape index (κ2) is 15.7. The summed E-state index contributed by atoms with van der Waals surface area (Å²) in [6.07, 6.45) is 4.71. The number of pyridine rings is 1. The van der Waals surface area contributed by atoms with Gasteiger partial charge >= 0.3 is 0 Å². The van der Waals surface area contributed by atoms with Gasteiger partial charge in [-0.25, -0.2) is 18.1 Å². The van der Waals surface area contributed by atoms with Crippen molar-refractivity contribution in [1.29, 1.82) is 0 Å². The molecule has 3 aliphatic rings. The molecule has 4 atom stereocenters. The smallest absolute Gasteiger partial charge is 0.266 e. The van der Waals surface area contributed by atoms with Crippen LogP contribution in [0.2, 0.25) is 0 Å². The average Bonchev–Trinajstić information content (AvgIpc) is 3.70. The van der Waals surface area contributed by atoms with E-state index in [0.29, 0.717) is 35.6 Å². The van der Waals surface area contributed by atoms with E-state index in [9.17, 15) is 27.6 Å². The van der Waals surface area contributed by atoms with E-state index < -0.39 is 39.5 Å². The van der Waals surface area contributed by atoms with Crippen LogP contribution < -0.4 is 24.8 Å². The molecule has 1 aromatic heterocycles. The van der Waals surface area contributed by atoms with Crippen LogP contribution in [0.15, 0.2) is 83.8 Å². The summed E-state index contributed by atoms with van der Waals surface area (Å²) in [6.45, 7) is 1.50. The molecule has 0 unspecified atom stereocenters. The van der Waals surface area contributed by atoms with Gasteiger partial charge < -0.3 is 25.0 Å². The van der Waals surface area contributed by atoms with Gasteiger partial charge in [-0.1, -0.05) is 68.1 Å². The number of ether oxygens (including phenoxy) is 2. The molecule has 4 aromatic rings. The van der Waals surface area contributed by atoms with Gasteiger partial charge in [0.2, 0.25) is 17.7 Å². The molecule has 3 aromatic carbocycles. The Morgan fingerprint density at radius 1 is 0.945 bits per heavy atom. The number of nitrogens with one attached hydrogen (secondary N) is 3. The molecule has 7 rings (SSSR count). The van der Waals surface area contributed by atoms with E-state index in [4.69, 9.17) is 14.5 Å². The number of hydrogen-bond donors (Lipinski definition) is 3. The number of methoxy groups -OCH3 is 1. The first kappa shape index (κ1) is 37.8. The molecule has 2 aliphatic heterocycles. The molecule has 0 bridgehead atoms. The number of sulfonamides is 1. The number of amides is 4. The minimum atomic E-state index is -4.46. The second-order valence-electron chi connectivity index (χ2n) is 14.6. The van der Waals surface area contributed by atoms with Crippen molar-refractivity contribution in [3.05, 3.63) is 78.9 Å². The van der Waals surface area contributed by atoms with Gasteiger partial charge in [-0.3, -0.25) is 19.2 Å². The molecule has 13 nitrogen and oxygen atoms in total. The van der Waals surface area contributed by atoms with Crippen LogP contribution in [-0.4, -0.2) is 73.3 Å². The molecule has 14 heteroatoms. The molecule has 1 saturated carbocycles. The molecular weight excluding hydrogens is 723 g/mol. The van der Waals surface area contributed by atoms with Crippen LogP contribution in [0.25, 0.3) is 22.2 Å². The minimum Gasteiger partial charge on any atom is -0.497 e. The summed E-state index contributed by atoms with van der Waals surface area (Å²) in [5.74, 6) is -1.21. The summed E-state index contributed by atoms with van der Waals surface area (Å²) in [5, 5.41) is 6.32. The third-order valence-electron chi connectivity index (χ3n) is 10.8. The minimum absolute atomic E-state index is 0.0661. The van der Waals surface area contributed by atoms with Gasteiger partial charge in [-0.15, -0.1) is 0 Å². The molecule has 55 heavy (non-hydrogen) atoms. The van der Waals surface area contributed by atoms with Crippen molar-refractivity contribution in [2.75, 3.05) is 19.0 Å². The van der Waals surface area contributed by atoms with E-state index in [-0.39, 0.29) is 54.1 Å². The number of carbonyl (C=O) groups excluding carboxylic acids is 4. The standard InChI is InChI=1S/C41H45N5O8S/c1-26(47)46-25-30(54-36-23-33(27-13-7-6-8-14-27)42-34-21-29(53-2)19-20-31(34)36)22-35(46)39(49)44-41-24-28(41)15-9-4-3-5-10-18-38(48)43-32-16-11-12-17-37(32)55(51,52)45-40(41)50/h6-8,11-14,16-17,19-21,23,28,30,35H,3-5,9-10,15,18,22,24-25H2,1-2H3,(H,43,48)(H,44,49)(H,45,50)/t28-,30-,35+,41-/m1/s1. The van der Waals surface area contributed by atoms with E-state index in [1.165, 1.54) is 30.0 Å². The topological polar surface area (TPSA) is 173 Å². The number of fused-ring (bicyclic) bond motifs is 3. The first-order chi connectivity index (χ1) is 26.5. The van der Waals surface area contributed by atoms with E-state index >= 15 is 0 Å². The number of nitrogens with zero attached hydrogens (tertiary/aromatic N) is 2. The molecule has 1 aliphatic carbocycles. The van der Waals surface area contributed by atoms with Crippen LogP contribution in [0.4, 0.5) is 5.69 Å². The van der Waals surface area contributed by atoms with Gasteiger partial charge in [0.1, 0.15) is 34.1 Å². The first-order valence-electron chi connectivity index (χ1n) is 18.7. The Hall–Kier alpha value is -5.50. The lowest BCUT2D eigenvalue weighted by Gasteiger charge is -2.26. The largest absolute Gasteiger partial charge is 0.497 e. The van der Waals surface area contributed by atoms with Gasteiger partial charge in [0.15, 0.2) is 0 Å². The van der Waals surface area contributed by atoms with Crippen molar-refractivity contribution in [3.8, 4) is 22.8 Å². The van der Waals surface area contributed by atoms with Gasteiger partial charge in [0, 0.05) is 42.8 Å². The number of anilines is 1. The normalized spacial score (nSPS) is 24.1. The lowest BCUT2D eigenvalue weighted by atomic mass is 10.0. The Labute approximate surface area is 320 Å². The number of aromatic nitrogens is 1. The average molecular weight is 768 g/mol. The highest BCUT2D eigenvalue weighted by atomic mass is 32.2. The summed E-state index contributed by atoms with van der Waals surface area (Å²) in [6, 6.07) is 21.9. The van der Waals surface area contributed by atoms with Crippen molar-refractivity contribution in [3.63, 3.8) is 0 Å². The van der Waals surface area contributed by atoms with Gasteiger partial charge in [0.05, 0.1) is 30.6 Å². The maximum atomic E-state index is 14.2. The molecule has 0 spiro atoms. The number of benzene rings is 3. The van der Waals surface area contributed by atoms with Gasteiger partial charge in [-0.2, -0.15) is 0 Å². The first-order valence-corrected chi connectivity index (χ1v) is 20.2. The highest BCUT2D eigenvalue weighted by molar-refractivity contribution is 7.90. The maximum Gasteiger partial charge on any atom is 0.266 e. The maximum absolute atomic E-state index is 14.2. The summed E-state index contributed by atoms with van der Waals surface area (Å²) in [5.41, 5.74) is 0.780. The van der Waals surface area contributed by atoms with E-state index in [2.05, 4.69) is 15.4 Å². The van der Waals surface area contributed by atoms with Crippen molar-refractivity contribution < 1.29 is 37.1 Å². The monoisotopic (exact) mass is 767 g/mol. The molecule has 2 fully saturated rings. The lowest BCUT2D eigenvalue weighted by molar-refractivity contribution is -0.138. The molecule has 0 radical (unpaired) electrons. The Balaban J connectivity index is 1.14. The molecule has 3 heterocycles. The Morgan fingerprint density at radius 3 is 2.47 bits per heavy atom. The SMILES string of the molecule is COc1ccc2c(O[C@@H]3C[C@@H](C(=O)N[C@]45C[C@H]4CCCCCCCC(=O)Nc4ccccc4S(=O)(=O)NC5=O)N(C(C)=O)C3)cc(-c3ccccc3)nc2c1. The third kappa shape index (κ3) is 8.14. The van der Waals surface area contributed by atoms with Crippen molar-refractivity contribution >= 4 is 50.2 Å². The number of carbonyl (C=O) groups is 4. The Morgan fingerprint density at radius 2 is 1.69 bits per heavy atom. The second-order valence-corrected chi connectivity index (χ2v) is 16.2. The van der Waals surface area contributed by atoms with E-state index in [0.717, 1.165) is 36.6 Å². The molecule has 288 valence electrons. The zero-order valence-electron chi connectivity index (χ0n) is 30.9. The van der Waals surface area contributed by atoms with Crippen LogP contribution in [0, 0.1) is 5.92 Å². The summed E-state index contributed by atoms with van der Waals surface area (Å²) >= 11 is 0. The molecule has 3 N–H and O–H groups in total. The number of likely N-dealkylation sites (tertiary alicyclic amines) is 1. The Kier molecular flexibility index (Phi) is 10.8. The van der Waals surface area contributed by atoms with Crippen molar-refractivity contribution in [2.45, 2.75) is 87.3 Å². The van der Waals surface area contributed by atoms with Crippen molar-refractivity contribution in [2.24, 2.45) is 5.92 Å². The molecule has 4 amide bonds. The quantitative estimate of drug-likeness (QED) is 0.234. The molecule has 1 saturated heterocycles. The number of hydrogen-bond acceptors (Lipinski definition) is 9. The summed E-state index contributed by atoms with van der Waals surface area (Å²) in [4.78, 5) is 59.9. The fourth-order valence-corrected chi connectivity index (χ4v) is 8.98. The van der Waals surface area contributed by atoms with Crippen LogP contribution >= 0.6 is 0 Å². The number of para-hydroxylation sites is 1. The van der Waals surface area contributed by atoms with Crippen molar-refractivity contribution in [1.82, 2.24) is 19.9 Å². The third-order valence-corrected chi connectivity index (χ3v) is 12.2. The van der Waals surface area contributed by atoms with E-state index in [1.54, 1.807) is 13.2 Å². The zero-order valence-corrected chi connectivity index (χ0v) is 31.7. The lowest BCUT2D eigenvalue weighted by Crippen LogP contribution is -2.56. The highest BCUT2D eigenvalue weighted by Crippen LogP contribution is 2.48. The van der Waals surface area contributed by atoms with Crippen LogP contribution in [0.3, 0.4) is 0 Å². The molecular formula is C41H45N5O8S. The van der Waals surface area contributed by atoms with Crippen LogP contribution in [0.1, 0.15) is 64.7 Å². The van der Waals surface area contributed by atoms with Gasteiger partial charge in [-0.05, 0) is 49.4 Å². The zero-order chi connectivity index (χ0) is 38.7.